The molecule has 0 atom stereocenters. The first-order valence-electron chi connectivity index (χ1n) is 20.2. The minimum atomic E-state index is 0.810. The van der Waals surface area contributed by atoms with Crippen LogP contribution in [0.15, 0.2) is 188 Å². The van der Waals surface area contributed by atoms with E-state index < -0.39 is 0 Å². The van der Waals surface area contributed by atoms with Gasteiger partial charge < -0.3 is 8.97 Å². The van der Waals surface area contributed by atoms with Gasteiger partial charge in [0.25, 0.3) is 0 Å². The van der Waals surface area contributed by atoms with E-state index in [9.17, 15) is 0 Å². The summed E-state index contributed by atoms with van der Waals surface area (Å²) < 4.78 is 7.23. The molecular formula is C54H31N5. The molecule has 9 aromatic carbocycles. The Morgan fingerprint density at radius 1 is 0.356 bits per heavy atom. The highest BCUT2D eigenvalue weighted by atomic mass is 15.1. The molecule has 14 rings (SSSR count). The van der Waals surface area contributed by atoms with E-state index in [0.717, 1.165) is 61.1 Å². The summed E-state index contributed by atoms with van der Waals surface area (Å²) in [5, 5.41) is 12.0. The van der Waals surface area contributed by atoms with Gasteiger partial charge in [0.1, 0.15) is 5.69 Å². The minimum absolute atomic E-state index is 0.810. The fourth-order valence-electron chi connectivity index (χ4n) is 10.3. The summed E-state index contributed by atoms with van der Waals surface area (Å²) in [5.74, 6) is 0.810. The lowest BCUT2D eigenvalue weighted by atomic mass is 10.0. The summed E-state index contributed by atoms with van der Waals surface area (Å²) in [6.07, 6.45) is 0. The first kappa shape index (κ1) is 31.1. The first-order chi connectivity index (χ1) is 29.3. The largest absolute Gasteiger partial charge is 0.309 e. The number of rotatable bonds is 3. The van der Waals surface area contributed by atoms with E-state index in [1.807, 2.05) is 0 Å². The van der Waals surface area contributed by atoms with Crippen LogP contribution >= 0.6 is 0 Å². The zero-order valence-corrected chi connectivity index (χ0v) is 31.6. The molecule has 0 spiro atoms. The number of benzene rings is 9. The van der Waals surface area contributed by atoms with Crippen LogP contribution in [-0.2, 0) is 0 Å². The van der Waals surface area contributed by atoms with E-state index in [2.05, 4.69) is 202 Å². The molecule has 0 aliphatic carbocycles. The Kier molecular flexibility index (Phi) is 5.96. The molecule has 0 unspecified atom stereocenters. The minimum Gasteiger partial charge on any atom is -0.309 e. The van der Waals surface area contributed by atoms with Crippen LogP contribution in [0.25, 0.3) is 126 Å². The molecule has 59 heavy (non-hydrogen) atoms. The van der Waals surface area contributed by atoms with E-state index in [1.165, 1.54) is 65.2 Å². The molecule has 5 nitrogen and oxygen atoms in total. The highest BCUT2D eigenvalue weighted by Gasteiger charge is 2.25. The third kappa shape index (κ3) is 4.03. The van der Waals surface area contributed by atoms with E-state index in [0.29, 0.717) is 0 Å². The van der Waals surface area contributed by atoms with Gasteiger partial charge in [0.15, 0.2) is 5.82 Å². The molecule has 0 aliphatic rings. The molecule has 0 N–H and O–H groups in total. The summed E-state index contributed by atoms with van der Waals surface area (Å²) in [5.41, 5.74) is 12.9. The van der Waals surface area contributed by atoms with Crippen molar-refractivity contribution in [3.63, 3.8) is 0 Å². The van der Waals surface area contributed by atoms with Crippen LogP contribution in [-0.4, -0.2) is 23.5 Å². The molecule has 0 bridgehead atoms. The van der Waals surface area contributed by atoms with Gasteiger partial charge in [-0.1, -0.05) is 127 Å². The third-order valence-corrected chi connectivity index (χ3v) is 12.7. The van der Waals surface area contributed by atoms with Crippen LogP contribution in [0.5, 0.6) is 0 Å². The van der Waals surface area contributed by atoms with Crippen molar-refractivity contribution < 1.29 is 0 Å². The molecule has 0 radical (unpaired) electrons. The smallest absolute Gasteiger partial charge is 0.165 e. The number of hydrogen-bond acceptors (Lipinski definition) is 2. The molecule has 0 saturated carbocycles. The average molecular weight is 750 g/mol. The van der Waals surface area contributed by atoms with E-state index in [-0.39, 0.29) is 0 Å². The van der Waals surface area contributed by atoms with Crippen molar-refractivity contribution in [1.82, 2.24) is 23.5 Å². The second kappa shape index (κ2) is 11.3. The fraction of sp³-hybridized carbons (Fsp3) is 0. The molecule has 272 valence electrons. The summed E-state index contributed by atoms with van der Waals surface area (Å²) in [6, 6.07) is 68.0. The van der Waals surface area contributed by atoms with Gasteiger partial charge in [0, 0.05) is 54.3 Å². The molecular weight excluding hydrogens is 719 g/mol. The predicted octanol–water partition coefficient (Wildman–Crippen LogP) is 13.8. The Labute approximate surface area is 336 Å². The van der Waals surface area contributed by atoms with Crippen molar-refractivity contribution in [3.8, 4) is 22.8 Å². The van der Waals surface area contributed by atoms with Crippen LogP contribution in [0.3, 0.4) is 0 Å². The summed E-state index contributed by atoms with van der Waals surface area (Å²) in [7, 11) is 0. The zero-order chi connectivity index (χ0) is 38.3. The lowest BCUT2D eigenvalue weighted by molar-refractivity contribution is 1.08. The van der Waals surface area contributed by atoms with Gasteiger partial charge in [0.05, 0.1) is 49.7 Å². The SMILES string of the molecule is c1ccc(-n2c3ccccc3c3cc(-c4nc5c(ccc6ccccc65)nc4-n4c5cccc6c7cccc8c9ccccc9n(c9cccc4c9c65)c78)ccc32)cc1. The number of fused-ring (bicyclic) bond motifs is 11. The Morgan fingerprint density at radius 3 is 1.83 bits per heavy atom. The summed E-state index contributed by atoms with van der Waals surface area (Å²) >= 11 is 0. The maximum Gasteiger partial charge on any atom is 0.165 e. The van der Waals surface area contributed by atoms with Gasteiger partial charge in [-0.05, 0) is 71.4 Å². The zero-order valence-electron chi connectivity index (χ0n) is 31.6. The monoisotopic (exact) mass is 749 g/mol. The number of nitrogens with zero attached hydrogens (tertiary/aromatic N) is 5. The maximum atomic E-state index is 5.68. The highest BCUT2D eigenvalue weighted by Crippen LogP contribution is 2.45. The van der Waals surface area contributed by atoms with E-state index >= 15 is 0 Å². The molecule has 5 heteroatoms. The highest BCUT2D eigenvalue weighted by molar-refractivity contribution is 6.31. The summed E-state index contributed by atoms with van der Waals surface area (Å²) in [4.78, 5) is 11.3. The molecule has 5 aromatic heterocycles. The topological polar surface area (TPSA) is 40.0 Å². The first-order valence-corrected chi connectivity index (χ1v) is 20.2. The molecule has 0 saturated heterocycles. The van der Waals surface area contributed by atoms with Crippen LogP contribution in [0.4, 0.5) is 0 Å². The molecule has 0 amide bonds. The second-order valence-electron chi connectivity index (χ2n) is 15.7. The quantitative estimate of drug-likeness (QED) is 0.169. The lowest BCUT2D eigenvalue weighted by Crippen LogP contribution is -2.04. The van der Waals surface area contributed by atoms with Gasteiger partial charge in [-0.15, -0.1) is 0 Å². The van der Waals surface area contributed by atoms with Gasteiger partial charge in [-0.25, -0.2) is 9.97 Å². The van der Waals surface area contributed by atoms with Crippen molar-refractivity contribution >= 4 is 104 Å². The lowest BCUT2D eigenvalue weighted by Gasteiger charge is -2.15. The Hall–Kier alpha value is -8.02. The van der Waals surface area contributed by atoms with Crippen LogP contribution in [0.2, 0.25) is 0 Å². The summed E-state index contributed by atoms with van der Waals surface area (Å²) in [6.45, 7) is 0. The molecule has 0 fully saturated rings. The van der Waals surface area contributed by atoms with Crippen molar-refractivity contribution in [3.05, 3.63) is 188 Å². The van der Waals surface area contributed by atoms with Crippen LogP contribution in [0.1, 0.15) is 0 Å². The number of hydrogen-bond donors (Lipinski definition) is 0. The maximum absolute atomic E-state index is 5.68. The van der Waals surface area contributed by atoms with Crippen molar-refractivity contribution in [2.75, 3.05) is 0 Å². The fourth-order valence-corrected chi connectivity index (χ4v) is 10.3. The van der Waals surface area contributed by atoms with E-state index in [4.69, 9.17) is 9.97 Å². The average Bonchev–Trinajstić information content (AvgIpc) is 3.91. The van der Waals surface area contributed by atoms with Gasteiger partial charge in [0.2, 0.25) is 0 Å². The van der Waals surface area contributed by atoms with Crippen LogP contribution in [0, 0.1) is 0 Å². The molecule has 0 aliphatic heterocycles. The van der Waals surface area contributed by atoms with Gasteiger partial charge >= 0.3 is 0 Å². The number of aromatic nitrogens is 5. The van der Waals surface area contributed by atoms with Gasteiger partial charge in [-0.3, -0.25) is 4.57 Å². The standard InChI is InChI=1S/C54H31N5/c1-2-14-34(15-3-1)57-43-22-8-7-18-37(43)41-31-33(28-30-45(41)57)51-54(55-42-29-27-32-13-4-5-16-35(32)52(42)56-51)59-46-24-11-19-38-40-21-10-20-39-36-17-6-9-23-44(36)58(53(39)40)47-25-12-26-48(59)50(47)49(38)46/h1-31H. The molecule has 14 aromatic rings. The number of para-hydroxylation sites is 4. The second-order valence-corrected chi connectivity index (χ2v) is 15.7. The van der Waals surface area contributed by atoms with Crippen molar-refractivity contribution in [2.24, 2.45) is 0 Å². The van der Waals surface area contributed by atoms with Crippen LogP contribution < -0.4 is 0 Å². The Morgan fingerprint density at radius 2 is 0.966 bits per heavy atom. The van der Waals surface area contributed by atoms with Crippen molar-refractivity contribution in [2.45, 2.75) is 0 Å². The molecule has 5 heterocycles. The Bertz CT molecular complexity index is 4070. The van der Waals surface area contributed by atoms with E-state index in [1.54, 1.807) is 0 Å². The normalized spacial score (nSPS) is 12.4. The third-order valence-electron chi connectivity index (χ3n) is 12.7. The predicted molar refractivity (Wildman–Crippen MR) is 246 cm³/mol. The van der Waals surface area contributed by atoms with Crippen molar-refractivity contribution in [1.29, 1.82) is 0 Å². The van der Waals surface area contributed by atoms with Gasteiger partial charge in [-0.2, -0.15) is 0 Å². The Balaban J connectivity index is 1.15.